The first-order valence-corrected chi connectivity index (χ1v) is 7.01. The van der Waals surface area contributed by atoms with Gasteiger partial charge in [-0.05, 0) is 12.1 Å². The zero-order chi connectivity index (χ0) is 14.2. The molecule has 0 unspecified atom stereocenters. The Morgan fingerprint density at radius 3 is 2.95 bits per heavy atom. The van der Waals surface area contributed by atoms with Crippen LogP contribution in [0.15, 0.2) is 42.7 Å². The average Bonchev–Trinajstić information content (AvgIpc) is 3.10. The third-order valence-electron chi connectivity index (χ3n) is 3.92. The molecule has 1 N–H and O–H groups in total. The third kappa shape index (κ3) is 2.18. The number of benzene rings is 1. The Labute approximate surface area is 121 Å². The van der Waals surface area contributed by atoms with Crippen LogP contribution in [0.1, 0.15) is 10.5 Å². The van der Waals surface area contributed by atoms with Gasteiger partial charge in [-0.2, -0.15) is 0 Å². The molecular formula is C15H15N5O. The number of likely N-dealkylation sites (tertiary alicyclic amines) is 1. The Bertz CT molecular complexity index is 737. The number of nitrogens with one attached hydrogen (secondary N) is 1. The highest BCUT2D eigenvalue weighted by Crippen LogP contribution is 2.22. The lowest BCUT2D eigenvalue weighted by Crippen LogP contribution is -2.51. The van der Waals surface area contributed by atoms with E-state index in [1.165, 1.54) is 0 Å². The number of carbonyl (C=O) groups is 1. The molecule has 0 spiro atoms. The van der Waals surface area contributed by atoms with Crippen LogP contribution in [0.3, 0.4) is 0 Å². The largest absolute Gasteiger partial charge is 0.351 e. The van der Waals surface area contributed by atoms with E-state index in [2.05, 4.69) is 15.3 Å². The minimum absolute atomic E-state index is 0.0704. The second-order valence-corrected chi connectivity index (χ2v) is 5.47. The molecule has 4 rings (SSSR count). The van der Waals surface area contributed by atoms with Gasteiger partial charge in [0, 0.05) is 42.7 Å². The van der Waals surface area contributed by atoms with E-state index in [0.29, 0.717) is 11.6 Å². The van der Waals surface area contributed by atoms with Crippen molar-refractivity contribution in [3.63, 3.8) is 0 Å². The second kappa shape index (κ2) is 4.73. The van der Waals surface area contributed by atoms with E-state index < -0.39 is 0 Å². The molecule has 21 heavy (non-hydrogen) atoms. The first-order chi connectivity index (χ1) is 10.3. The number of aromatic nitrogens is 4. The van der Waals surface area contributed by atoms with Crippen molar-refractivity contribution in [2.45, 2.75) is 6.54 Å². The van der Waals surface area contributed by atoms with Crippen LogP contribution >= 0.6 is 0 Å². The second-order valence-electron chi connectivity index (χ2n) is 5.47. The highest BCUT2D eigenvalue weighted by Gasteiger charge is 2.32. The zero-order valence-corrected chi connectivity index (χ0v) is 11.4. The van der Waals surface area contributed by atoms with Gasteiger partial charge in [0.15, 0.2) is 0 Å². The fourth-order valence-corrected chi connectivity index (χ4v) is 2.80. The monoisotopic (exact) mass is 281 g/mol. The van der Waals surface area contributed by atoms with Gasteiger partial charge in [-0.3, -0.25) is 9.48 Å². The summed E-state index contributed by atoms with van der Waals surface area (Å²) in [5.74, 6) is 0.529. The van der Waals surface area contributed by atoms with Crippen molar-refractivity contribution in [3.8, 4) is 0 Å². The number of aromatic amines is 1. The van der Waals surface area contributed by atoms with Crippen LogP contribution in [0.2, 0.25) is 0 Å². The predicted octanol–water partition coefficient (Wildman–Crippen LogP) is 1.53. The van der Waals surface area contributed by atoms with Gasteiger partial charge in [-0.1, -0.05) is 23.4 Å². The predicted molar refractivity (Wildman–Crippen MR) is 77.7 cm³/mol. The molecule has 6 heteroatoms. The SMILES string of the molecule is O=C(c1cc2ccccc2[nH]1)N1CC(Cn2ccnn2)C1. The Balaban J connectivity index is 1.42. The van der Waals surface area contributed by atoms with Gasteiger partial charge in [-0.25, -0.2) is 0 Å². The summed E-state index contributed by atoms with van der Waals surface area (Å²) in [6, 6.07) is 9.84. The first kappa shape index (κ1) is 12.1. The number of rotatable bonds is 3. The van der Waals surface area contributed by atoms with Crippen LogP contribution in [0.25, 0.3) is 10.9 Å². The van der Waals surface area contributed by atoms with Crippen molar-refractivity contribution in [3.05, 3.63) is 48.4 Å². The Hall–Kier alpha value is -2.63. The maximum Gasteiger partial charge on any atom is 0.270 e. The molecule has 0 bridgehead atoms. The summed E-state index contributed by atoms with van der Waals surface area (Å²) in [7, 11) is 0. The molecule has 1 amide bonds. The van der Waals surface area contributed by atoms with E-state index in [1.807, 2.05) is 46.1 Å². The van der Waals surface area contributed by atoms with E-state index >= 15 is 0 Å². The van der Waals surface area contributed by atoms with Gasteiger partial charge in [-0.15, -0.1) is 5.10 Å². The fraction of sp³-hybridized carbons (Fsp3) is 0.267. The van der Waals surface area contributed by atoms with Crippen molar-refractivity contribution in [2.75, 3.05) is 13.1 Å². The molecule has 3 aromatic rings. The van der Waals surface area contributed by atoms with Crippen LogP contribution < -0.4 is 0 Å². The summed E-state index contributed by atoms with van der Waals surface area (Å²) in [5, 5.41) is 8.81. The number of H-pyrrole nitrogens is 1. The molecule has 0 radical (unpaired) electrons. The van der Waals surface area contributed by atoms with Gasteiger partial charge in [0.05, 0.1) is 6.20 Å². The highest BCUT2D eigenvalue weighted by molar-refractivity contribution is 5.98. The molecule has 0 aliphatic carbocycles. The van der Waals surface area contributed by atoms with Gasteiger partial charge >= 0.3 is 0 Å². The van der Waals surface area contributed by atoms with Crippen molar-refractivity contribution in [1.29, 1.82) is 0 Å². The minimum atomic E-state index is 0.0704. The molecule has 2 aromatic heterocycles. The lowest BCUT2D eigenvalue weighted by molar-refractivity contribution is 0.0455. The average molecular weight is 281 g/mol. The summed E-state index contributed by atoms with van der Waals surface area (Å²) in [4.78, 5) is 17.5. The van der Waals surface area contributed by atoms with Crippen LogP contribution in [-0.2, 0) is 6.54 Å². The lowest BCUT2D eigenvalue weighted by atomic mass is 10.00. The van der Waals surface area contributed by atoms with Gasteiger partial charge < -0.3 is 9.88 Å². The Morgan fingerprint density at radius 2 is 2.19 bits per heavy atom. The molecule has 1 aromatic carbocycles. The van der Waals surface area contributed by atoms with Gasteiger partial charge in [0.25, 0.3) is 5.91 Å². The quantitative estimate of drug-likeness (QED) is 0.791. The minimum Gasteiger partial charge on any atom is -0.351 e. The summed E-state index contributed by atoms with van der Waals surface area (Å²) < 4.78 is 1.81. The first-order valence-electron chi connectivity index (χ1n) is 7.01. The lowest BCUT2D eigenvalue weighted by Gasteiger charge is -2.38. The number of carbonyl (C=O) groups excluding carboxylic acids is 1. The van der Waals surface area contributed by atoms with E-state index in [1.54, 1.807) is 6.20 Å². The number of nitrogens with zero attached hydrogens (tertiary/aromatic N) is 4. The standard InChI is InChI=1S/C15H15N5O/c21-15(14-7-12-3-1-2-4-13(12)17-14)19-8-11(9-19)10-20-6-5-16-18-20/h1-7,11,17H,8-10H2. The van der Waals surface area contributed by atoms with E-state index in [-0.39, 0.29) is 5.91 Å². The smallest absolute Gasteiger partial charge is 0.270 e. The van der Waals surface area contributed by atoms with Crippen LogP contribution in [0, 0.1) is 5.92 Å². The van der Waals surface area contributed by atoms with Crippen molar-refractivity contribution < 1.29 is 4.79 Å². The van der Waals surface area contributed by atoms with E-state index in [0.717, 1.165) is 30.5 Å². The number of amides is 1. The summed E-state index contributed by atoms with van der Waals surface area (Å²) in [5.41, 5.74) is 1.66. The normalized spacial score (nSPS) is 15.3. The molecule has 1 aliphatic rings. The van der Waals surface area contributed by atoms with Crippen LogP contribution in [0.4, 0.5) is 0 Å². The van der Waals surface area contributed by atoms with Crippen LogP contribution in [0.5, 0.6) is 0 Å². The van der Waals surface area contributed by atoms with Crippen molar-refractivity contribution in [2.24, 2.45) is 5.92 Å². The summed E-state index contributed by atoms with van der Waals surface area (Å²) in [6.45, 7) is 2.36. The molecule has 0 atom stereocenters. The van der Waals surface area contributed by atoms with E-state index in [4.69, 9.17) is 0 Å². The summed E-state index contributed by atoms with van der Waals surface area (Å²) in [6.07, 6.45) is 3.52. The van der Waals surface area contributed by atoms with E-state index in [9.17, 15) is 4.79 Å². The molecule has 1 aliphatic heterocycles. The number of fused-ring (bicyclic) bond motifs is 1. The molecular weight excluding hydrogens is 266 g/mol. The topological polar surface area (TPSA) is 66.8 Å². The molecule has 106 valence electrons. The van der Waals surface area contributed by atoms with Crippen LogP contribution in [-0.4, -0.2) is 43.9 Å². The Kier molecular flexibility index (Phi) is 2.73. The highest BCUT2D eigenvalue weighted by atomic mass is 16.2. The zero-order valence-electron chi connectivity index (χ0n) is 11.4. The molecule has 3 heterocycles. The fourth-order valence-electron chi connectivity index (χ4n) is 2.80. The molecule has 0 saturated carbocycles. The summed E-state index contributed by atoms with van der Waals surface area (Å²) >= 11 is 0. The van der Waals surface area contributed by atoms with Crippen molar-refractivity contribution in [1.82, 2.24) is 24.9 Å². The maximum atomic E-state index is 12.4. The number of para-hydroxylation sites is 1. The molecule has 6 nitrogen and oxygen atoms in total. The number of hydrogen-bond donors (Lipinski definition) is 1. The van der Waals surface area contributed by atoms with Gasteiger partial charge in [0.1, 0.15) is 5.69 Å². The molecule has 1 fully saturated rings. The third-order valence-corrected chi connectivity index (χ3v) is 3.92. The maximum absolute atomic E-state index is 12.4. The molecule has 1 saturated heterocycles. The number of hydrogen-bond acceptors (Lipinski definition) is 3. The Morgan fingerprint density at radius 1 is 1.33 bits per heavy atom. The van der Waals surface area contributed by atoms with Crippen molar-refractivity contribution >= 4 is 16.8 Å². The van der Waals surface area contributed by atoms with Gasteiger partial charge in [0.2, 0.25) is 0 Å².